The van der Waals surface area contributed by atoms with Gasteiger partial charge >= 0.3 is 0 Å². The Hall–Kier alpha value is -1.92. The van der Waals surface area contributed by atoms with E-state index in [1.807, 2.05) is 18.2 Å². The number of aliphatic imine (C=N–C) groups is 1. The monoisotopic (exact) mass is 335 g/mol. The number of allylic oxidation sites excluding steroid dienone is 4. The van der Waals surface area contributed by atoms with Crippen LogP contribution in [0.4, 0.5) is 5.13 Å². The number of ether oxygens (including phenoxy) is 1. The van der Waals surface area contributed by atoms with Gasteiger partial charge in [0.15, 0.2) is 10.7 Å². The van der Waals surface area contributed by atoms with E-state index in [0.717, 1.165) is 11.3 Å². The SMILES string of the molecule is CC(C)(OC1=CCC2=NC=CC2=C1)C(=O)Nc1ncc(Cl)s1. The molecule has 0 unspecified atom stereocenters. The number of hydrogen-bond acceptors (Lipinski definition) is 5. The van der Waals surface area contributed by atoms with Gasteiger partial charge in [-0.1, -0.05) is 22.9 Å². The van der Waals surface area contributed by atoms with E-state index < -0.39 is 5.60 Å². The molecule has 0 saturated carbocycles. The number of halogens is 1. The van der Waals surface area contributed by atoms with Gasteiger partial charge in [-0.3, -0.25) is 15.1 Å². The first kappa shape index (κ1) is 15.0. The Morgan fingerprint density at radius 1 is 1.50 bits per heavy atom. The predicted molar refractivity (Wildman–Crippen MR) is 88.3 cm³/mol. The smallest absolute Gasteiger partial charge is 0.269 e. The maximum absolute atomic E-state index is 12.3. The van der Waals surface area contributed by atoms with Crippen LogP contribution in [0.25, 0.3) is 0 Å². The Morgan fingerprint density at radius 3 is 3.05 bits per heavy atom. The summed E-state index contributed by atoms with van der Waals surface area (Å²) in [6, 6.07) is 0. The maximum atomic E-state index is 12.3. The fourth-order valence-electron chi connectivity index (χ4n) is 2.06. The number of nitrogens with zero attached hydrogens (tertiary/aromatic N) is 2. The number of hydrogen-bond donors (Lipinski definition) is 1. The van der Waals surface area contributed by atoms with Crippen molar-refractivity contribution in [2.45, 2.75) is 25.9 Å². The fraction of sp³-hybridized carbons (Fsp3) is 0.267. The van der Waals surface area contributed by atoms with Gasteiger partial charge in [-0.15, -0.1) is 0 Å². The van der Waals surface area contributed by atoms with Crippen molar-refractivity contribution in [1.29, 1.82) is 0 Å². The summed E-state index contributed by atoms with van der Waals surface area (Å²) in [6.45, 7) is 3.43. The number of anilines is 1. The highest BCUT2D eigenvalue weighted by molar-refractivity contribution is 7.19. The lowest BCUT2D eigenvalue weighted by molar-refractivity contribution is -0.132. The molecule has 114 valence electrons. The second-order valence-electron chi connectivity index (χ2n) is 5.34. The zero-order valence-corrected chi connectivity index (χ0v) is 13.7. The van der Waals surface area contributed by atoms with Crippen LogP contribution in [0.3, 0.4) is 0 Å². The molecular weight excluding hydrogens is 322 g/mol. The summed E-state index contributed by atoms with van der Waals surface area (Å²) in [4.78, 5) is 20.6. The summed E-state index contributed by atoms with van der Waals surface area (Å²) in [5, 5.41) is 3.17. The molecule has 1 amide bonds. The average molecular weight is 336 g/mol. The third-order valence-corrected chi connectivity index (χ3v) is 4.26. The molecule has 3 rings (SSSR count). The van der Waals surface area contributed by atoms with Crippen LogP contribution in [-0.2, 0) is 9.53 Å². The molecule has 5 nitrogen and oxygen atoms in total. The molecule has 1 aliphatic carbocycles. The second-order valence-corrected chi connectivity index (χ2v) is 7.00. The lowest BCUT2D eigenvalue weighted by atomic mass is 10.0. The number of carbonyl (C=O) groups is 1. The normalized spacial score (nSPS) is 16.6. The van der Waals surface area contributed by atoms with Crippen LogP contribution in [0.2, 0.25) is 4.34 Å². The summed E-state index contributed by atoms with van der Waals surface area (Å²) in [5.41, 5.74) is 1.02. The first-order valence-corrected chi connectivity index (χ1v) is 7.91. The lowest BCUT2D eigenvalue weighted by Gasteiger charge is -2.26. The van der Waals surface area contributed by atoms with Crippen LogP contribution in [0.5, 0.6) is 0 Å². The zero-order chi connectivity index (χ0) is 15.7. The zero-order valence-electron chi connectivity index (χ0n) is 12.1. The number of fused-ring (bicyclic) bond motifs is 1. The van der Waals surface area contributed by atoms with Gasteiger partial charge in [0.25, 0.3) is 5.91 Å². The molecule has 0 atom stereocenters. The van der Waals surface area contributed by atoms with Crippen molar-refractivity contribution < 1.29 is 9.53 Å². The maximum Gasteiger partial charge on any atom is 0.269 e. The summed E-state index contributed by atoms with van der Waals surface area (Å²) >= 11 is 7.01. The quantitative estimate of drug-likeness (QED) is 0.912. The number of amides is 1. The Bertz CT molecular complexity index is 744. The molecule has 2 aliphatic rings. The van der Waals surface area contributed by atoms with E-state index in [-0.39, 0.29) is 5.91 Å². The first-order chi connectivity index (χ1) is 10.4. The molecule has 1 aromatic heterocycles. The molecule has 1 aromatic rings. The van der Waals surface area contributed by atoms with Gasteiger partial charge in [0.2, 0.25) is 0 Å². The molecule has 0 bridgehead atoms. The largest absolute Gasteiger partial charge is 0.478 e. The first-order valence-electron chi connectivity index (χ1n) is 6.71. The minimum absolute atomic E-state index is 0.278. The molecule has 1 aliphatic heterocycles. The van der Waals surface area contributed by atoms with Crippen LogP contribution >= 0.6 is 22.9 Å². The van der Waals surface area contributed by atoms with Crippen molar-refractivity contribution >= 4 is 39.7 Å². The topological polar surface area (TPSA) is 63.6 Å². The third-order valence-electron chi connectivity index (χ3n) is 3.23. The molecule has 0 spiro atoms. The third kappa shape index (κ3) is 3.13. The van der Waals surface area contributed by atoms with Crippen molar-refractivity contribution in [3.05, 3.63) is 46.3 Å². The molecule has 2 heterocycles. The Morgan fingerprint density at radius 2 is 2.32 bits per heavy atom. The molecule has 22 heavy (non-hydrogen) atoms. The van der Waals surface area contributed by atoms with E-state index in [9.17, 15) is 4.79 Å². The van der Waals surface area contributed by atoms with E-state index in [1.54, 1.807) is 20.0 Å². The molecule has 0 saturated heterocycles. The highest BCUT2D eigenvalue weighted by Gasteiger charge is 2.31. The van der Waals surface area contributed by atoms with E-state index in [2.05, 4.69) is 15.3 Å². The summed E-state index contributed by atoms with van der Waals surface area (Å²) in [5.74, 6) is 0.386. The van der Waals surface area contributed by atoms with Crippen molar-refractivity contribution in [2.24, 2.45) is 4.99 Å². The number of carbonyl (C=O) groups excluding carboxylic acids is 1. The molecule has 7 heteroatoms. The van der Waals surface area contributed by atoms with Gasteiger partial charge in [0.1, 0.15) is 10.1 Å². The number of aromatic nitrogens is 1. The highest BCUT2D eigenvalue weighted by Crippen LogP contribution is 2.27. The summed E-state index contributed by atoms with van der Waals surface area (Å²) < 4.78 is 6.38. The predicted octanol–water partition coefficient (Wildman–Crippen LogP) is 3.71. The lowest BCUT2D eigenvalue weighted by Crippen LogP contribution is -2.39. The van der Waals surface area contributed by atoms with Gasteiger partial charge in [-0.2, -0.15) is 0 Å². The average Bonchev–Trinajstić information content (AvgIpc) is 3.06. The van der Waals surface area contributed by atoms with Gasteiger partial charge < -0.3 is 4.74 Å². The number of thiazole rings is 1. The van der Waals surface area contributed by atoms with E-state index in [4.69, 9.17) is 16.3 Å². The minimum atomic E-state index is -1.03. The fourth-order valence-corrected chi connectivity index (χ4v) is 2.87. The van der Waals surface area contributed by atoms with Gasteiger partial charge in [0, 0.05) is 18.2 Å². The van der Waals surface area contributed by atoms with Crippen LogP contribution < -0.4 is 5.32 Å². The standard InChI is InChI=1S/C15H14ClN3O2S/c1-15(2,13(20)19-14-18-8-12(16)22-14)21-10-3-4-11-9(7-10)5-6-17-11/h3,5-8H,4H2,1-2H3,(H,18,19,20). The van der Waals surface area contributed by atoms with Crippen molar-refractivity contribution in [3.8, 4) is 0 Å². The Balaban J connectivity index is 1.68. The summed E-state index contributed by atoms with van der Waals surface area (Å²) in [6.07, 6.45) is 9.70. The van der Waals surface area contributed by atoms with Crippen LogP contribution in [0.1, 0.15) is 20.3 Å². The van der Waals surface area contributed by atoms with E-state index in [1.165, 1.54) is 17.5 Å². The Labute approximate surface area is 137 Å². The van der Waals surface area contributed by atoms with Crippen LogP contribution in [0, 0.1) is 0 Å². The molecule has 0 radical (unpaired) electrons. The number of rotatable bonds is 4. The number of nitrogens with one attached hydrogen (secondary N) is 1. The Kier molecular flexibility index (Phi) is 3.88. The van der Waals surface area contributed by atoms with Gasteiger partial charge in [0.05, 0.1) is 11.9 Å². The summed E-state index contributed by atoms with van der Waals surface area (Å²) in [7, 11) is 0. The molecule has 1 N–H and O–H groups in total. The van der Waals surface area contributed by atoms with Crippen molar-refractivity contribution in [2.75, 3.05) is 5.32 Å². The van der Waals surface area contributed by atoms with E-state index in [0.29, 0.717) is 21.6 Å². The highest BCUT2D eigenvalue weighted by atomic mass is 35.5. The molecule has 0 fully saturated rings. The second kappa shape index (κ2) is 5.70. The van der Waals surface area contributed by atoms with Crippen molar-refractivity contribution in [1.82, 2.24) is 4.98 Å². The van der Waals surface area contributed by atoms with E-state index >= 15 is 0 Å². The van der Waals surface area contributed by atoms with Gasteiger partial charge in [-0.05, 0) is 32.1 Å². The minimum Gasteiger partial charge on any atom is -0.478 e. The molecule has 0 aromatic carbocycles. The van der Waals surface area contributed by atoms with Crippen LogP contribution in [-0.4, -0.2) is 22.2 Å². The van der Waals surface area contributed by atoms with Crippen LogP contribution in [0.15, 0.2) is 46.9 Å². The van der Waals surface area contributed by atoms with Gasteiger partial charge in [-0.25, -0.2) is 4.98 Å². The van der Waals surface area contributed by atoms with Crippen molar-refractivity contribution in [3.63, 3.8) is 0 Å². The molecular formula is C15H14ClN3O2S.